The van der Waals surface area contributed by atoms with Crippen LogP contribution in [0.2, 0.25) is 10.0 Å². The number of hydrogen-bond donors (Lipinski definition) is 1. The van der Waals surface area contributed by atoms with Crippen molar-refractivity contribution >= 4 is 50.5 Å². The third-order valence-corrected chi connectivity index (χ3v) is 12.7. The first-order valence-electron chi connectivity index (χ1n) is 17.0. The van der Waals surface area contributed by atoms with Crippen molar-refractivity contribution in [2.75, 3.05) is 18.7 Å². The lowest BCUT2D eigenvalue weighted by Crippen LogP contribution is -2.56. The molecule has 0 spiro atoms. The Bertz CT molecular complexity index is 1830. The number of sulfone groups is 1. The number of nitrogens with one attached hydrogen (secondary N) is 1. The summed E-state index contributed by atoms with van der Waals surface area (Å²) >= 11 is 12.5. The van der Waals surface area contributed by atoms with Crippen molar-refractivity contribution in [3.63, 3.8) is 0 Å². The molecule has 2 fully saturated rings. The molecule has 1 aliphatic carbocycles. The highest BCUT2D eigenvalue weighted by Gasteiger charge is 2.54. The molecule has 1 aliphatic heterocycles. The molecule has 0 unspecified atom stereocenters. The minimum atomic E-state index is -2.84. The Morgan fingerprint density at radius 2 is 1.74 bits per heavy atom. The van der Waals surface area contributed by atoms with Crippen molar-refractivity contribution in [2.45, 2.75) is 96.4 Å². The molecule has 0 radical (unpaired) electrons. The average molecular weight is 748 g/mol. The molecule has 0 aromatic heterocycles. The zero-order valence-electron chi connectivity index (χ0n) is 30.1. The van der Waals surface area contributed by atoms with Gasteiger partial charge in [-0.05, 0) is 106 Å². The topological polar surface area (TPSA) is 92.8 Å². The van der Waals surface area contributed by atoms with Gasteiger partial charge in [0.1, 0.15) is 11.6 Å². The number of methoxy groups -OCH3 is 1. The molecule has 272 valence electrons. The third kappa shape index (κ3) is 9.20. The standard InChI is InChI=1S/C34H37Cl2FN2O3.C5H12O2S/c1-5-29(21-10-11-21)39-32(23-12-14-27(36)28(37)16-23)26(22-7-6-8-24(35)15-22)18-34(3,33(39)41)19-31(40)38-25-13-9-20(2)30(17-25)42-4;1-5(2,3)8(4,6)7/h6-9,12-17,21,26,29,32H,5,10-11,18-19H2,1-4H3,(H,38,40);1-4H3/t26-,29-,32-,34-;/m1./s1. The van der Waals surface area contributed by atoms with Gasteiger partial charge in [0.15, 0.2) is 9.84 Å². The lowest BCUT2D eigenvalue weighted by Gasteiger charge is -2.52. The largest absolute Gasteiger partial charge is 0.496 e. The van der Waals surface area contributed by atoms with Crippen LogP contribution in [0.1, 0.15) is 95.4 Å². The van der Waals surface area contributed by atoms with Crippen molar-refractivity contribution in [3.8, 4) is 5.75 Å². The van der Waals surface area contributed by atoms with E-state index in [1.54, 1.807) is 40.0 Å². The summed E-state index contributed by atoms with van der Waals surface area (Å²) in [5.41, 5.74) is 2.19. The molecule has 1 N–H and O–H groups in total. The van der Waals surface area contributed by atoms with Crippen molar-refractivity contribution in [2.24, 2.45) is 11.3 Å². The highest BCUT2D eigenvalue weighted by Crippen LogP contribution is 2.54. The van der Waals surface area contributed by atoms with E-state index >= 15 is 0 Å². The molecule has 2 amide bonds. The monoisotopic (exact) mass is 746 g/mol. The number of halogens is 3. The summed E-state index contributed by atoms with van der Waals surface area (Å²) in [5.74, 6) is -0.0456. The maximum Gasteiger partial charge on any atom is 0.229 e. The summed E-state index contributed by atoms with van der Waals surface area (Å²) in [4.78, 5) is 30.2. The summed E-state index contributed by atoms with van der Waals surface area (Å²) in [6.45, 7) is 11.0. The zero-order chi connectivity index (χ0) is 37.2. The van der Waals surface area contributed by atoms with Crippen molar-refractivity contribution < 1.29 is 27.1 Å². The smallest absolute Gasteiger partial charge is 0.229 e. The van der Waals surface area contributed by atoms with Crippen LogP contribution in [0.3, 0.4) is 0 Å². The average Bonchev–Trinajstić information content (AvgIpc) is 3.87. The second kappa shape index (κ2) is 15.6. The van der Waals surface area contributed by atoms with Crippen LogP contribution in [0.25, 0.3) is 0 Å². The normalized spacial score (nSPS) is 21.6. The SMILES string of the molecule is CC(C)(C)S(C)(=O)=O.CC[C@H](C1CC1)N1C(=O)[C@@](C)(CC(=O)Nc2ccc(C)c(OC)c2)C[C@H](c2cccc(Cl)c2)[C@H]1c1ccc(Cl)c(F)c1. The van der Waals surface area contributed by atoms with Crippen LogP contribution in [-0.4, -0.2) is 49.3 Å². The highest BCUT2D eigenvalue weighted by atomic mass is 35.5. The summed E-state index contributed by atoms with van der Waals surface area (Å²) in [7, 11) is -1.25. The van der Waals surface area contributed by atoms with Crippen LogP contribution in [0.5, 0.6) is 5.75 Å². The molecular weight excluding hydrogens is 698 g/mol. The summed E-state index contributed by atoms with van der Waals surface area (Å²) in [6, 6.07) is 17.5. The van der Waals surface area contributed by atoms with Crippen LogP contribution in [0.15, 0.2) is 60.7 Å². The minimum absolute atomic E-state index is 0.00160. The predicted octanol–water partition coefficient (Wildman–Crippen LogP) is 9.56. The number of piperidine rings is 1. The minimum Gasteiger partial charge on any atom is -0.496 e. The molecule has 1 saturated carbocycles. The zero-order valence-corrected chi connectivity index (χ0v) is 32.5. The quantitative estimate of drug-likeness (QED) is 0.236. The molecule has 50 heavy (non-hydrogen) atoms. The Morgan fingerprint density at radius 1 is 1.08 bits per heavy atom. The molecule has 0 bridgehead atoms. The van der Waals surface area contributed by atoms with Gasteiger partial charge in [0.05, 0.1) is 28.3 Å². The number of nitrogens with zero attached hydrogens (tertiary/aromatic N) is 1. The predicted molar refractivity (Wildman–Crippen MR) is 200 cm³/mol. The van der Waals surface area contributed by atoms with Gasteiger partial charge in [-0.1, -0.05) is 61.3 Å². The maximum absolute atomic E-state index is 14.9. The molecule has 2 aliphatic rings. The van der Waals surface area contributed by atoms with Gasteiger partial charge in [0.2, 0.25) is 11.8 Å². The highest BCUT2D eigenvalue weighted by molar-refractivity contribution is 7.92. The Kier molecular flexibility index (Phi) is 12.4. The van der Waals surface area contributed by atoms with Crippen LogP contribution in [-0.2, 0) is 19.4 Å². The molecule has 7 nitrogen and oxygen atoms in total. The second-order valence-corrected chi connectivity index (χ2v) is 18.5. The molecule has 3 aromatic carbocycles. The van der Waals surface area contributed by atoms with E-state index in [1.807, 2.05) is 61.2 Å². The Hall–Kier alpha value is -3.14. The summed E-state index contributed by atoms with van der Waals surface area (Å²) < 4.78 is 41.0. The van der Waals surface area contributed by atoms with E-state index in [0.29, 0.717) is 34.4 Å². The fourth-order valence-corrected chi connectivity index (χ4v) is 6.96. The van der Waals surface area contributed by atoms with Gasteiger partial charge in [-0.2, -0.15) is 0 Å². The number of likely N-dealkylation sites (tertiary alicyclic amines) is 1. The van der Waals surface area contributed by atoms with Gasteiger partial charge < -0.3 is 15.0 Å². The Labute approximate surface area is 306 Å². The molecule has 1 saturated heterocycles. The molecule has 4 atom stereocenters. The van der Waals surface area contributed by atoms with E-state index in [0.717, 1.165) is 30.4 Å². The van der Waals surface area contributed by atoms with Crippen LogP contribution in [0.4, 0.5) is 10.1 Å². The van der Waals surface area contributed by atoms with Crippen LogP contribution in [0, 0.1) is 24.1 Å². The number of amides is 2. The molecule has 1 heterocycles. The Morgan fingerprint density at radius 3 is 2.28 bits per heavy atom. The summed E-state index contributed by atoms with van der Waals surface area (Å²) in [6.07, 6.45) is 4.47. The number of ether oxygens (including phenoxy) is 1. The van der Waals surface area contributed by atoms with Crippen LogP contribution < -0.4 is 10.1 Å². The van der Waals surface area contributed by atoms with Gasteiger partial charge in [-0.25, -0.2) is 12.8 Å². The first-order valence-corrected chi connectivity index (χ1v) is 19.6. The van der Waals surface area contributed by atoms with Crippen molar-refractivity contribution in [1.82, 2.24) is 4.90 Å². The van der Waals surface area contributed by atoms with E-state index in [1.165, 1.54) is 12.3 Å². The van der Waals surface area contributed by atoms with E-state index in [-0.39, 0.29) is 35.2 Å². The first kappa shape index (κ1) is 39.6. The van der Waals surface area contributed by atoms with E-state index in [4.69, 9.17) is 27.9 Å². The summed E-state index contributed by atoms with van der Waals surface area (Å²) in [5, 5.41) is 3.59. The van der Waals surface area contributed by atoms with Gasteiger partial charge in [0.25, 0.3) is 0 Å². The van der Waals surface area contributed by atoms with Gasteiger partial charge >= 0.3 is 0 Å². The number of carbonyl (C=O) groups excluding carboxylic acids is 2. The molecule has 3 aromatic rings. The van der Waals surface area contributed by atoms with Gasteiger partial charge in [-0.15, -0.1) is 0 Å². The second-order valence-electron chi connectivity index (χ2n) is 14.9. The maximum atomic E-state index is 14.9. The van der Waals surface area contributed by atoms with Crippen molar-refractivity contribution in [3.05, 3.63) is 93.2 Å². The number of benzene rings is 3. The van der Waals surface area contributed by atoms with Crippen molar-refractivity contribution in [1.29, 1.82) is 0 Å². The number of anilines is 1. The van der Waals surface area contributed by atoms with E-state index in [2.05, 4.69) is 12.2 Å². The molecule has 11 heteroatoms. The van der Waals surface area contributed by atoms with E-state index < -0.39 is 31.9 Å². The molecular formula is C39H49Cl2FN2O5S. The lowest BCUT2D eigenvalue weighted by atomic mass is 9.66. The number of aryl methyl sites for hydroxylation is 1. The molecule has 5 rings (SSSR count). The van der Waals surface area contributed by atoms with Crippen LogP contribution >= 0.6 is 23.2 Å². The fourth-order valence-electron chi connectivity index (χ4n) is 6.64. The lowest BCUT2D eigenvalue weighted by molar-refractivity contribution is -0.157. The first-order chi connectivity index (χ1) is 23.3. The fraction of sp³-hybridized carbons (Fsp3) is 0.487. The number of rotatable bonds is 9. The van der Waals surface area contributed by atoms with Gasteiger partial charge in [-0.3, -0.25) is 9.59 Å². The number of carbonyl (C=O) groups is 2. The Balaban J connectivity index is 0.000000627. The third-order valence-electron chi connectivity index (χ3n) is 9.96. The number of hydrogen-bond acceptors (Lipinski definition) is 5. The van der Waals surface area contributed by atoms with E-state index in [9.17, 15) is 22.4 Å². The van der Waals surface area contributed by atoms with Gasteiger partial charge in [0, 0.05) is 41.4 Å².